The average molecular weight is 172 g/mol. The Morgan fingerprint density at radius 1 is 1.33 bits per heavy atom. The highest BCUT2D eigenvalue weighted by atomic mass is 15.2. The first kappa shape index (κ1) is 11.9. The predicted molar refractivity (Wildman–Crippen MR) is 55.5 cm³/mol. The zero-order chi connectivity index (χ0) is 9.78. The van der Waals surface area contributed by atoms with Crippen LogP contribution in [0.4, 0.5) is 0 Å². The number of hydrogen-bond acceptors (Lipinski definition) is 2. The minimum absolute atomic E-state index is 0.208. The van der Waals surface area contributed by atoms with E-state index in [4.69, 9.17) is 0 Å². The molecule has 2 nitrogen and oxygen atoms in total. The predicted octanol–water partition coefficient (Wildman–Crippen LogP) is 1.71. The molecular weight excluding hydrogens is 148 g/mol. The van der Waals surface area contributed by atoms with Crippen LogP contribution in [0.3, 0.4) is 0 Å². The molecule has 0 saturated heterocycles. The second-order valence-corrected chi connectivity index (χ2v) is 4.24. The SMILES string of the molecule is CCCC(N(C)C)C(C)(C)NC. The molecule has 0 aromatic heterocycles. The molecule has 0 fully saturated rings. The maximum atomic E-state index is 3.37. The number of hydrogen-bond donors (Lipinski definition) is 1. The van der Waals surface area contributed by atoms with Gasteiger partial charge in [0, 0.05) is 11.6 Å². The van der Waals surface area contributed by atoms with E-state index in [9.17, 15) is 0 Å². The molecule has 0 aromatic rings. The van der Waals surface area contributed by atoms with Crippen molar-refractivity contribution in [2.24, 2.45) is 0 Å². The molecule has 74 valence electrons. The van der Waals surface area contributed by atoms with Gasteiger partial charge in [0.15, 0.2) is 0 Å². The summed E-state index contributed by atoms with van der Waals surface area (Å²) in [7, 11) is 6.34. The molecule has 1 N–H and O–H groups in total. The molecule has 0 amide bonds. The van der Waals surface area contributed by atoms with Crippen LogP contribution in [0.15, 0.2) is 0 Å². The van der Waals surface area contributed by atoms with Crippen LogP contribution in [-0.2, 0) is 0 Å². The first-order valence-electron chi connectivity index (χ1n) is 4.81. The van der Waals surface area contributed by atoms with Crippen molar-refractivity contribution in [3.63, 3.8) is 0 Å². The van der Waals surface area contributed by atoms with Crippen LogP contribution in [0.25, 0.3) is 0 Å². The summed E-state index contributed by atoms with van der Waals surface area (Å²) in [6, 6.07) is 0.618. The van der Waals surface area contributed by atoms with Crippen LogP contribution >= 0.6 is 0 Å². The topological polar surface area (TPSA) is 15.3 Å². The van der Waals surface area contributed by atoms with E-state index in [0.717, 1.165) is 0 Å². The molecule has 0 radical (unpaired) electrons. The van der Waals surface area contributed by atoms with Gasteiger partial charge in [0.05, 0.1) is 0 Å². The third-order valence-corrected chi connectivity index (χ3v) is 2.66. The maximum Gasteiger partial charge on any atom is 0.0277 e. The smallest absolute Gasteiger partial charge is 0.0277 e. The van der Waals surface area contributed by atoms with Crippen molar-refractivity contribution in [1.82, 2.24) is 10.2 Å². The fourth-order valence-electron chi connectivity index (χ4n) is 1.70. The Bertz CT molecular complexity index is 119. The van der Waals surface area contributed by atoms with E-state index in [1.807, 2.05) is 7.05 Å². The molecule has 1 atom stereocenters. The Kier molecular flexibility index (Phi) is 4.80. The van der Waals surface area contributed by atoms with Gasteiger partial charge in [0.25, 0.3) is 0 Å². The Morgan fingerprint density at radius 3 is 2.08 bits per heavy atom. The average Bonchev–Trinajstić information content (AvgIpc) is 1.99. The minimum atomic E-state index is 0.208. The molecule has 0 rings (SSSR count). The van der Waals surface area contributed by atoms with Gasteiger partial charge in [0.2, 0.25) is 0 Å². The molecule has 0 saturated carbocycles. The van der Waals surface area contributed by atoms with Crippen molar-refractivity contribution < 1.29 is 0 Å². The van der Waals surface area contributed by atoms with E-state index in [-0.39, 0.29) is 5.54 Å². The van der Waals surface area contributed by atoms with Crippen molar-refractivity contribution in [2.75, 3.05) is 21.1 Å². The fourth-order valence-corrected chi connectivity index (χ4v) is 1.70. The summed E-state index contributed by atoms with van der Waals surface area (Å²) >= 11 is 0. The van der Waals surface area contributed by atoms with E-state index in [1.165, 1.54) is 12.8 Å². The summed E-state index contributed by atoms with van der Waals surface area (Å²) in [6.45, 7) is 6.75. The van der Waals surface area contributed by atoms with Gasteiger partial charge in [-0.15, -0.1) is 0 Å². The second kappa shape index (κ2) is 4.83. The molecule has 0 aliphatic rings. The van der Waals surface area contributed by atoms with E-state index in [0.29, 0.717) is 6.04 Å². The van der Waals surface area contributed by atoms with Crippen LogP contribution in [0, 0.1) is 0 Å². The third-order valence-electron chi connectivity index (χ3n) is 2.66. The van der Waals surface area contributed by atoms with Crippen molar-refractivity contribution in [2.45, 2.75) is 45.2 Å². The lowest BCUT2D eigenvalue weighted by atomic mass is 9.90. The normalized spacial score (nSPS) is 15.2. The van der Waals surface area contributed by atoms with Gasteiger partial charge in [-0.25, -0.2) is 0 Å². The maximum absolute atomic E-state index is 3.37. The van der Waals surface area contributed by atoms with E-state index < -0.39 is 0 Å². The van der Waals surface area contributed by atoms with Gasteiger partial charge in [-0.1, -0.05) is 13.3 Å². The van der Waals surface area contributed by atoms with Crippen molar-refractivity contribution in [3.05, 3.63) is 0 Å². The molecule has 0 aliphatic heterocycles. The van der Waals surface area contributed by atoms with Crippen molar-refractivity contribution in [3.8, 4) is 0 Å². The quantitative estimate of drug-likeness (QED) is 0.679. The van der Waals surface area contributed by atoms with Gasteiger partial charge in [-0.3, -0.25) is 0 Å². The summed E-state index contributed by atoms with van der Waals surface area (Å²) in [5, 5.41) is 3.37. The van der Waals surface area contributed by atoms with E-state index in [1.54, 1.807) is 0 Å². The minimum Gasteiger partial charge on any atom is -0.313 e. The van der Waals surface area contributed by atoms with Crippen LogP contribution in [0.1, 0.15) is 33.6 Å². The standard InChI is InChI=1S/C10H24N2/c1-7-8-9(12(5)6)10(2,3)11-4/h9,11H,7-8H2,1-6H3. The molecule has 12 heavy (non-hydrogen) atoms. The van der Waals surface area contributed by atoms with Gasteiger partial charge >= 0.3 is 0 Å². The molecule has 0 heterocycles. The summed E-state index contributed by atoms with van der Waals surface area (Å²) in [4.78, 5) is 2.31. The number of likely N-dealkylation sites (N-methyl/N-ethyl adjacent to an activating group) is 2. The molecule has 0 aliphatic carbocycles. The zero-order valence-corrected chi connectivity index (χ0v) is 9.44. The first-order valence-corrected chi connectivity index (χ1v) is 4.81. The molecule has 1 unspecified atom stereocenters. The highest BCUT2D eigenvalue weighted by Gasteiger charge is 2.28. The fraction of sp³-hybridized carbons (Fsp3) is 1.00. The van der Waals surface area contributed by atoms with E-state index >= 15 is 0 Å². The highest BCUT2D eigenvalue weighted by molar-refractivity contribution is 4.89. The molecule has 2 heteroatoms. The molecule has 0 spiro atoms. The van der Waals surface area contributed by atoms with Gasteiger partial charge in [0.1, 0.15) is 0 Å². The number of rotatable bonds is 5. The van der Waals surface area contributed by atoms with E-state index in [2.05, 4.69) is 45.1 Å². The van der Waals surface area contributed by atoms with Crippen molar-refractivity contribution >= 4 is 0 Å². The third kappa shape index (κ3) is 3.11. The first-order chi connectivity index (χ1) is 5.45. The summed E-state index contributed by atoms with van der Waals surface area (Å²) in [5.41, 5.74) is 0.208. The van der Waals surface area contributed by atoms with Crippen LogP contribution in [-0.4, -0.2) is 37.6 Å². The molecular formula is C10H24N2. The van der Waals surface area contributed by atoms with Crippen LogP contribution < -0.4 is 5.32 Å². The Hall–Kier alpha value is -0.0800. The monoisotopic (exact) mass is 172 g/mol. The summed E-state index contributed by atoms with van der Waals surface area (Å²) in [5.74, 6) is 0. The summed E-state index contributed by atoms with van der Waals surface area (Å²) < 4.78 is 0. The lowest BCUT2D eigenvalue weighted by Gasteiger charge is -2.38. The second-order valence-electron chi connectivity index (χ2n) is 4.24. The Balaban J connectivity index is 4.27. The Labute approximate surface area is 77.3 Å². The van der Waals surface area contributed by atoms with Gasteiger partial charge in [-0.05, 0) is 41.4 Å². The highest BCUT2D eigenvalue weighted by Crippen LogP contribution is 2.17. The number of nitrogens with zero attached hydrogens (tertiary/aromatic N) is 1. The summed E-state index contributed by atoms with van der Waals surface area (Å²) in [6.07, 6.45) is 2.49. The largest absolute Gasteiger partial charge is 0.313 e. The van der Waals surface area contributed by atoms with Crippen molar-refractivity contribution in [1.29, 1.82) is 0 Å². The lowest BCUT2D eigenvalue weighted by molar-refractivity contribution is 0.164. The molecule has 0 aromatic carbocycles. The number of nitrogens with one attached hydrogen (secondary N) is 1. The van der Waals surface area contributed by atoms with Gasteiger partial charge < -0.3 is 10.2 Å². The van der Waals surface area contributed by atoms with Crippen LogP contribution in [0.2, 0.25) is 0 Å². The van der Waals surface area contributed by atoms with Gasteiger partial charge in [-0.2, -0.15) is 0 Å². The zero-order valence-electron chi connectivity index (χ0n) is 9.44. The molecule has 0 bridgehead atoms. The Morgan fingerprint density at radius 2 is 1.83 bits per heavy atom. The van der Waals surface area contributed by atoms with Crippen LogP contribution in [0.5, 0.6) is 0 Å². The lowest BCUT2D eigenvalue weighted by Crippen LogP contribution is -2.53.